The van der Waals surface area contributed by atoms with E-state index in [1.165, 1.54) is 23.4 Å². The summed E-state index contributed by atoms with van der Waals surface area (Å²) in [4.78, 5) is 31.6. The van der Waals surface area contributed by atoms with E-state index in [0.29, 0.717) is 5.16 Å². The molecule has 1 unspecified atom stereocenters. The first-order chi connectivity index (χ1) is 12.3. The predicted octanol–water partition coefficient (Wildman–Crippen LogP) is 4.16. The third-order valence-electron chi connectivity index (χ3n) is 4.14. The van der Waals surface area contributed by atoms with E-state index in [1.807, 2.05) is 27.7 Å². The molecule has 2 aromatic rings. The van der Waals surface area contributed by atoms with Gasteiger partial charge in [-0.15, -0.1) is 0 Å². The predicted molar refractivity (Wildman–Crippen MR) is 108 cm³/mol. The normalized spacial score (nSPS) is 12.0. The molecular weight excluding hydrogens is 346 g/mol. The minimum absolute atomic E-state index is 0.105. The summed E-state index contributed by atoms with van der Waals surface area (Å²) in [5, 5.41) is 3.12. The molecule has 0 fully saturated rings. The molecule has 26 heavy (non-hydrogen) atoms. The van der Waals surface area contributed by atoms with E-state index in [2.05, 4.69) is 34.3 Å². The number of rotatable bonds is 7. The number of thioether (sulfide) groups is 1. The van der Waals surface area contributed by atoms with E-state index in [0.717, 1.165) is 41.8 Å². The summed E-state index contributed by atoms with van der Waals surface area (Å²) >= 11 is 1.27. The Labute approximate surface area is 159 Å². The van der Waals surface area contributed by atoms with E-state index in [-0.39, 0.29) is 16.7 Å². The zero-order chi connectivity index (χ0) is 19.3. The largest absolute Gasteiger partial charge is 0.325 e. The summed E-state index contributed by atoms with van der Waals surface area (Å²) in [6, 6.07) is 5.64. The van der Waals surface area contributed by atoms with Crippen molar-refractivity contribution in [3.8, 4) is 0 Å². The van der Waals surface area contributed by atoms with Crippen LogP contribution in [0.25, 0.3) is 0 Å². The van der Waals surface area contributed by atoms with Crippen LogP contribution in [0.1, 0.15) is 49.1 Å². The second kappa shape index (κ2) is 9.03. The van der Waals surface area contributed by atoms with Crippen molar-refractivity contribution in [2.45, 2.75) is 64.3 Å². The number of aromatic amines is 1. The fourth-order valence-electron chi connectivity index (χ4n) is 2.85. The molecule has 0 saturated heterocycles. The Morgan fingerprint density at radius 3 is 2.50 bits per heavy atom. The molecule has 1 aromatic carbocycles. The highest BCUT2D eigenvalue weighted by molar-refractivity contribution is 8.00. The van der Waals surface area contributed by atoms with Crippen LogP contribution in [0.5, 0.6) is 0 Å². The van der Waals surface area contributed by atoms with Crippen LogP contribution in [0.2, 0.25) is 0 Å². The smallest absolute Gasteiger partial charge is 0.251 e. The number of carbonyl (C=O) groups is 1. The molecule has 2 rings (SSSR count). The van der Waals surface area contributed by atoms with Crippen molar-refractivity contribution >= 4 is 23.4 Å². The average molecular weight is 374 g/mol. The van der Waals surface area contributed by atoms with Gasteiger partial charge in [0, 0.05) is 17.4 Å². The molecule has 6 heteroatoms. The number of unbranched alkanes of at least 4 members (excludes halogenated alkanes) is 1. The standard InChI is InChI=1S/C20H27N3O2S/c1-6-7-8-16-11-17(24)22-20(21-16)26-15(5)19(25)23-18-13(3)9-12(2)10-14(18)4/h9-11,15H,6-8H2,1-5H3,(H,23,25)(H,21,22,24). The first-order valence-electron chi connectivity index (χ1n) is 8.95. The number of nitrogens with zero attached hydrogens (tertiary/aromatic N) is 1. The fourth-order valence-corrected chi connectivity index (χ4v) is 3.68. The lowest BCUT2D eigenvalue weighted by molar-refractivity contribution is -0.115. The lowest BCUT2D eigenvalue weighted by Gasteiger charge is -2.16. The van der Waals surface area contributed by atoms with Crippen LogP contribution in [0, 0.1) is 20.8 Å². The number of aromatic nitrogens is 2. The summed E-state index contributed by atoms with van der Waals surface area (Å²) in [6.45, 7) is 9.94. The van der Waals surface area contributed by atoms with Crippen molar-refractivity contribution < 1.29 is 4.79 Å². The summed E-state index contributed by atoms with van der Waals surface area (Å²) in [6.07, 6.45) is 2.81. The zero-order valence-electron chi connectivity index (χ0n) is 16.1. The number of hydrogen-bond acceptors (Lipinski definition) is 4. The fraction of sp³-hybridized carbons (Fsp3) is 0.450. The van der Waals surface area contributed by atoms with E-state index >= 15 is 0 Å². The number of nitrogens with one attached hydrogen (secondary N) is 2. The van der Waals surface area contributed by atoms with Gasteiger partial charge in [-0.3, -0.25) is 9.59 Å². The second-order valence-electron chi connectivity index (χ2n) is 6.67. The monoisotopic (exact) mass is 373 g/mol. The molecule has 0 spiro atoms. The van der Waals surface area contributed by atoms with Crippen molar-refractivity contribution in [1.82, 2.24) is 9.97 Å². The first kappa shape index (κ1) is 20.2. The molecule has 0 radical (unpaired) electrons. The number of anilines is 1. The van der Waals surface area contributed by atoms with E-state index in [1.54, 1.807) is 0 Å². The minimum atomic E-state index is -0.375. The van der Waals surface area contributed by atoms with Crippen molar-refractivity contribution in [3.63, 3.8) is 0 Å². The molecular formula is C20H27N3O2S. The molecule has 5 nitrogen and oxygen atoms in total. The highest BCUT2D eigenvalue weighted by atomic mass is 32.2. The van der Waals surface area contributed by atoms with Crippen LogP contribution in [0.15, 0.2) is 28.2 Å². The van der Waals surface area contributed by atoms with Crippen molar-refractivity contribution in [2.75, 3.05) is 5.32 Å². The van der Waals surface area contributed by atoms with Gasteiger partial charge in [-0.1, -0.05) is 42.8 Å². The summed E-state index contributed by atoms with van der Waals surface area (Å²) < 4.78 is 0. The Balaban J connectivity index is 2.10. The molecule has 1 atom stereocenters. The Morgan fingerprint density at radius 1 is 1.23 bits per heavy atom. The number of amides is 1. The number of H-pyrrole nitrogens is 1. The van der Waals surface area contributed by atoms with Crippen LogP contribution in [0.4, 0.5) is 5.69 Å². The highest BCUT2D eigenvalue weighted by Crippen LogP contribution is 2.25. The van der Waals surface area contributed by atoms with Gasteiger partial charge in [-0.05, 0) is 51.7 Å². The lowest BCUT2D eigenvalue weighted by atomic mass is 10.1. The molecule has 1 amide bonds. The molecule has 0 aliphatic heterocycles. The Bertz CT molecular complexity index is 822. The van der Waals surface area contributed by atoms with Crippen molar-refractivity contribution in [1.29, 1.82) is 0 Å². The Kier molecular flexibility index (Phi) is 7.03. The minimum Gasteiger partial charge on any atom is -0.325 e. The Morgan fingerprint density at radius 2 is 1.88 bits per heavy atom. The van der Waals surface area contributed by atoms with Gasteiger partial charge < -0.3 is 10.3 Å². The first-order valence-corrected chi connectivity index (χ1v) is 9.83. The number of benzene rings is 1. The van der Waals surface area contributed by atoms with Crippen molar-refractivity contribution in [2.24, 2.45) is 0 Å². The van der Waals surface area contributed by atoms with Gasteiger partial charge in [-0.25, -0.2) is 4.98 Å². The Hall–Kier alpha value is -2.08. The topological polar surface area (TPSA) is 74.8 Å². The van der Waals surface area contributed by atoms with Crippen LogP contribution in [-0.4, -0.2) is 21.1 Å². The van der Waals surface area contributed by atoms with Gasteiger partial charge in [0.2, 0.25) is 5.91 Å². The van der Waals surface area contributed by atoms with Gasteiger partial charge in [0.05, 0.1) is 5.25 Å². The molecule has 0 aliphatic rings. The molecule has 0 bridgehead atoms. The van der Waals surface area contributed by atoms with E-state index in [4.69, 9.17) is 0 Å². The highest BCUT2D eigenvalue weighted by Gasteiger charge is 2.18. The van der Waals surface area contributed by atoms with Gasteiger partial charge in [-0.2, -0.15) is 0 Å². The van der Waals surface area contributed by atoms with Gasteiger partial charge in [0.25, 0.3) is 5.56 Å². The van der Waals surface area contributed by atoms with Crippen LogP contribution < -0.4 is 10.9 Å². The van der Waals surface area contributed by atoms with Gasteiger partial charge >= 0.3 is 0 Å². The van der Waals surface area contributed by atoms with Crippen LogP contribution in [-0.2, 0) is 11.2 Å². The lowest BCUT2D eigenvalue weighted by Crippen LogP contribution is -2.24. The third-order valence-corrected chi connectivity index (χ3v) is 5.13. The summed E-state index contributed by atoms with van der Waals surface area (Å²) in [5.41, 5.74) is 4.71. The van der Waals surface area contributed by atoms with Gasteiger partial charge in [0.15, 0.2) is 5.16 Å². The molecule has 0 saturated carbocycles. The molecule has 0 aliphatic carbocycles. The summed E-state index contributed by atoms with van der Waals surface area (Å²) in [5.74, 6) is -0.105. The number of hydrogen-bond donors (Lipinski definition) is 2. The molecule has 140 valence electrons. The molecule has 1 heterocycles. The third kappa shape index (κ3) is 5.46. The zero-order valence-corrected chi connectivity index (χ0v) is 16.9. The maximum absolute atomic E-state index is 12.6. The van der Waals surface area contributed by atoms with Gasteiger partial charge in [0.1, 0.15) is 0 Å². The molecule has 2 N–H and O–H groups in total. The van der Waals surface area contributed by atoms with Crippen LogP contribution >= 0.6 is 11.8 Å². The quantitative estimate of drug-likeness (QED) is 0.564. The maximum atomic E-state index is 12.6. The molecule has 1 aromatic heterocycles. The van der Waals surface area contributed by atoms with Crippen LogP contribution in [0.3, 0.4) is 0 Å². The maximum Gasteiger partial charge on any atom is 0.251 e. The van der Waals surface area contributed by atoms with E-state index < -0.39 is 0 Å². The number of aryl methyl sites for hydroxylation is 4. The number of carbonyl (C=O) groups excluding carboxylic acids is 1. The van der Waals surface area contributed by atoms with E-state index in [9.17, 15) is 9.59 Å². The van der Waals surface area contributed by atoms with Crippen molar-refractivity contribution in [3.05, 3.63) is 50.9 Å². The summed E-state index contributed by atoms with van der Waals surface area (Å²) in [7, 11) is 0. The second-order valence-corrected chi connectivity index (χ2v) is 8.00. The SMILES string of the molecule is CCCCc1cc(=O)[nH]c(SC(C)C(=O)Nc2c(C)cc(C)cc2C)n1. The average Bonchev–Trinajstić information content (AvgIpc) is 2.55.